The van der Waals surface area contributed by atoms with Gasteiger partial charge in [0.05, 0.1) is 18.9 Å². The van der Waals surface area contributed by atoms with Crippen LogP contribution in [0, 0.1) is 24.7 Å². The first-order chi connectivity index (χ1) is 13.1. The van der Waals surface area contributed by atoms with Crippen LogP contribution in [0.1, 0.15) is 36.5 Å². The van der Waals surface area contributed by atoms with Crippen LogP contribution in [-0.2, 0) is 19.1 Å². The summed E-state index contributed by atoms with van der Waals surface area (Å²) in [5, 5.41) is 28.6. The average molecular weight is 431 g/mol. The first kappa shape index (κ1) is 22.5. The number of aryl methyl sites for hydroxylation is 1. The van der Waals surface area contributed by atoms with E-state index in [1.165, 1.54) is 11.8 Å². The van der Waals surface area contributed by atoms with Crippen molar-refractivity contribution < 1.29 is 34.4 Å². The SMILES string of the molecule is CS[C@H]1O[C@H](c2ccc(C)c(Cl)c2)[C@@H](CC(=O)O)[C@@H](CC(=O)O)[C@@H]1CC(=O)O. The number of ether oxygens (including phenoxy) is 1. The Morgan fingerprint density at radius 1 is 1.00 bits per heavy atom. The fourth-order valence-electron chi connectivity index (χ4n) is 3.85. The van der Waals surface area contributed by atoms with Crippen molar-refractivity contribution in [2.24, 2.45) is 17.8 Å². The van der Waals surface area contributed by atoms with E-state index in [9.17, 15) is 29.7 Å². The molecule has 1 aromatic rings. The van der Waals surface area contributed by atoms with Gasteiger partial charge in [-0.05, 0) is 36.3 Å². The maximum Gasteiger partial charge on any atom is 0.303 e. The number of carboxylic acid groups (broad SMARTS) is 3. The topological polar surface area (TPSA) is 121 Å². The number of carboxylic acids is 3. The lowest BCUT2D eigenvalue weighted by Crippen LogP contribution is -2.45. The minimum Gasteiger partial charge on any atom is -0.481 e. The second-order valence-electron chi connectivity index (χ2n) is 6.95. The molecular weight excluding hydrogens is 408 g/mol. The van der Waals surface area contributed by atoms with Crippen molar-refractivity contribution in [3.8, 4) is 0 Å². The van der Waals surface area contributed by atoms with Crippen LogP contribution in [-0.4, -0.2) is 44.9 Å². The van der Waals surface area contributed by atoms with Crippen LogP contribution in [0.15, 0.2) is 18.2 Å². The van der Waals surface area contributed by atoms with Crippen LogP contribution in [0.2, 0.25) is 5.02 Å². The molecule has 3 N–H and O–H groups in total. The molecule has 154 valence electrons. The van der Waals surface area contributed by atoms with Crippen molar-refractivity contribution in [3.63, 3.8) is 0 Å². The molecule has 0 saturated carbocycles. The largest absolute Gasteiger partial charge is 0.481 e. The van der Waals surface area contributed by atoms with Gasteiger partial charge in [0.1, 0.15) is 5.44 Å². The lowest BCUT2D eigenvalue weighted by Gasteiger charge is -2.46. The van der Waals surface area contributed by atoms with Crippen LogP contribution in [0.5, 0.6) is 0 Å². The van der Waals surface area contributed by atoms with Crippen molar-refractivity contribution in [1.82, 2.24) is 0 Å². The third-order valence-corrected chi connectivity index (χ3v) is 6.44. The van der Waals surface area contributed by atoms with Crippen molar-refractivity contribution >= 4 is 41.3 Å². The summed E-state index contributed by atoms with van der Waals surface area (Å²) in [6, 6.07) is 5.28. The molecule has 7 nitrogen and oxygen atoms in total. The maximum absolute atomic E-state index is 11.5. The molecule has 1 fully saturated rings. The average Bonchev–Trinajstić information content (AvgIpc) is 2.59. The van der Waals surface area contributed by atoms with Crippen molar-refractivity contribution in [2.75, 3.05) is 6.26 Å². The van der Waals surface area contributed by atoms with E-state index in [0.29, 0.717) is 10.6 Å². The summed E-state index contributed by atoms with van der Waals surface area (Å²) < 4.78 is 6.14. The molecule has 1 aromatic carbocycles. The highest BCUT2D eigenvalue weighted by Gasteiger charge is 2.48. The highest BCUT2D eigenvalue weighted by Crippen LogP contribution is 2.50. The Bertz CT molecular complexity index is 754. The molecule has 0 bridgehead atoms. The highest BCUT2D eigenvalue weighted by atomic mass is 35.5. The zero-order valence-electron chi connectivity index (χ0n) is 15.5. The smallest absolute Gasteiger partial charge is 0.303 e. The standard InChI is InChI=1S/C19H23ClO7S/c1-9-3-4-10(5-14(9)20)18-12(7-16(23)24)11(6-15(21)22)13(8-17(25)26)19(27-18)28-2/h3-5,11-13,18-19H,6-8H2,1-2H3,(H,21,22)(H,23,24)(H,25,26)/t11-,12+,13+,18-,19-/m1/s1. The van der Waals surface area contributed by atoms with Gasteiger partial charge in [-0.25, -0.2) is 0 Å². The van der Waals surface area contributed by atoms with E-state index in [1.54, 1.807) is 24.5 Å². The molecule has 28 heavy (non-hydrogen) atoms. The molecule has 9 heteroatoms. The van der Waals surface area contributed by atoms with Gasteiger partial charge >= 0.3 is 17.9 Å². The van der Waals surface area contributed by atoms with Crippen LogP contribution in [0.4, 0.5) is 0 Å². The van der Waals surface area contributed by atoms with E-state index >= 15 is 0 Å². The Kier molecular flexibility index (Phi) is 7.74. The molecule has 0 aromatic heterocycles. The van der Waals surface area contributed by atoms with Crippen LogP contribution in [0.3, 0.4) is 0 Å². The first-order valence-electron chi connectivity index (χ1n) is 8.73. The number of aliphatic carboxylic acids is 3. The summed E-state index contributed by atoms with van der Waals surface area (Å²) in [4.78, 5) is 34.4. The third-order valence-electron chi connectivity index (χ3n) is 5.11. The predicted molar refractivity (Wildman–Crippen MR) is 105 cm³/mol. The van der Waals surface area contributed by atoms with E-state index in [1.807, 2.05) is 6.92 Å². The van der Waals surface area contributed by atoms with Gasteiger partial charge in [0.25, 0.3) is 0 Å². The Morgan fingerprint density at radius 2 is 1.54 bits per heavy atom. The quantitative estimate of drug-likeness (QED) is 0.571. The molecule has 0 unspecified atom stereocenters. The van der Waals surface area contributed by atoms with Gasteiger partial charge in [0, 0.05) is 23.3 Å². The van der Waals surface area contributed by atoms with Gasteiger partial charge in [-0.3, -0.25) is 14.4 Å². The summed E-state index contributed by atoms with van der Waals surface area (Å²) in [6.45, 7) is 1.84. The van der Waals surface area contributed by atoms with Gasteiger partial charge in [0.15, 0.2) is 0 Å². The Balaban J connectivity index is 2.53. The van der Waals surface area contributed by atoms with Crippen LogP contribution in [0.25, 0.3) is 0 Å². The van der Waals surface area contributed by atoms with Gasteiger partial charge in [-0.15, -0.1) is 11.8 Å². The monoisotopic (exact) mass is 430 g/mol. The molecule has 0 radical (unpaired) electrons. The molecule has 1 aliphatic rings. The minimum atomic E-state index is -1.10. The van der Waals surface area contributed by atoms with Gasteiger partial charge in [-0.1, -0.05) is 23.7 Å². The lowest BCUT2D eigenvalue weighted by molar-refractivity contribution is -0.161. The lowest BCUT2D eigenvalue weighted by atomic mass is 9.70. The fourth-order valence-corrected chi connectivity index (χ4v) is 4.91. The Morgan fingerprint density at radius 3 is 2.04 bits per heavy atom. The van der Waals surface area contributed by atoms with Crippen molar-refractivity contribution in [1.29, 1.82) is 0 Å². The number of rotatable bonds is 8. The molecule has 1 aliphatic heterocycles. The molecule has 1 saturated heterocycles. The predicted octanol–water partition coefficient (Wildman–Crippen LogP) is 3.68. The second kappa shape index (κ2) is 9.62. The van der Waals surface area contributed by atoms with E-state index < -0.39 is 47.2 Å². The van der Waals surface area contributed by atoms with Gasteiger partial charge in [0.2, 0.25) is 0 Å². The normalized spacial score (nSPS) is 27.3. The fraction of sp³-hybridized carbons (Fsp3) is 0.526. The van der Waals surface area contributed by atoms with Crippen molar-refractivity contribution in [2.45, 2.75) is 37.7 Å². The molecule has 2 rings (SSSR count). The first-order valence-corrected chi connectivity index (χ1v) is 10.4. The van der Waals surface area contributed by atoms with Gasteiger partial charge < -0.3 is 20.1 Å². The summed E-state index contributed by atoms with van der Waals surface area (Å²) in [5.74, 6) is -5.25. The number of hydrogen-bond acceptors (Lipinski definition) is 5. The highest BCUT2D eigenvalue weighted by molar-refractivity contribution is 7.99. The molecule has 0 amide bonds. The molecule has 0 aliphatic carbocycles. The van der Waals surface area contributed by atoms with Gasteiger partial charge in [-0.2, -0.15) is 0 Å². The number of carbonyl (C=O) groups is 3. The van der Waals surface area contributed by atoms with E-state index in [4.69, 9.17) is 16.3 Å². The molecule has 0 spiro atoms. The maximum atomic E-state index is 11.5. The Hall–Kier alpha value is -1.77. The number of hydrogen-bond donors (Lipinski definition) is 3. The zero-order chi connectivity index (χ0) is 21.0. The number of benzene rings is 1. The summed E-state index contributed by atoms with van der Waals surface area (Å²) in [5.41, 5.74) is 0.934. The van der Waals surface area contributed by atoms with Crippen LogP contribution >= 0.6 is 23.4 Å². The zero-order valence-corrected chi connectivity index (χ0v) is 17.1. The van der Waals surface area contributed by atoms with E-state index in [-0.39, 0.29) is 19.3 Å². The summed E-state index contributed by atoms with van der Waals surface area (Å²) in [6.07, 6.45) is 0.119. The summed E-state index contributed by atoms with van der Waals surface area (Å²) >= 11 is 7.52. The summed E-state index contributed by atoms with van der Waals surface area (Å²) in [7, 11) is 0. The Labute approximate surface area is 172 Å². The van der Waals surface area contributed by atoms with E-state index in [0.717, 1.165) is 5.56 Å². The molecule has 5 atom stereocenters. The molecular formula is C19H23ClO7S. The van der Waals surface area contributed by atoms with Crippen molar-refractivity contribution in [3.05, 3.63) is 34.3 Å². The molecule has 1 heterocycles. The van der Waals surface area contributed by atoms with Crippen LogP contribution < -0.4 is 0 Å². The number of thioether (sulfide) groups is 1. The minimum absolute atomic E-state index is 0.291. The number of halogens is 1. The second-order valence-corrected chi connectivity index (χ2v) is 8.30. The van der Waals surface area contributed by atoms with E-state index in [2.05, 4.69) is 0 Å². The third kappa shape index (κ3) is 5.40.